The molecule has 1 fully saturated rings. The molecular weight excluding hydrogens is 318 g/mol. The SMILES string of the molecule is N#Cc1ccc(C2(C3CCCCC3)c3ccccc3-c3nccn32)cc1. The highest BCUT2D eigenvalue weighted by Gasteiger charge is 2.50. The minimum absolute atomic E-state index is 0.211. The summed E-state index contributed by atoms with van der Waals surface area (Å²) < 4.78 is 2.40. The summed E-state index contributed by atoms with van der Waals surface area (Å²) in [6.07, 6.45) is 10.4. The maximum Gasteiger partial charge on any atom is 0.141 e. The first-order valence-corrected chi connectivity index (χ1v) is 9.50. The molecule has 0 amide bonds. The van der Waals surface area contributed by atoms with Crippen molar-refractivity contribution in [3.63, 3.8) is 0 Å². The summed E-state index contributed by atoms with van der Waals surface area (Å²) in [7, 11) is 0. The second kappa shape index (κ2) is 5.85. The largest absolute Gasteiger partial charge is 0.316 e. The van der Waals surface area contributed by atoms with Crippen molar-refractivity contribution in [2.24, 2.45) is 5.92 Å². The molecule has 1 saturated carbocycles. The van der Waals surface area contributed by atoms with Crippen LogP contribution in [0.15, 0.2) is 60.9 Å². The van der Waals surface area contributed by atoms with Gasteiger partial charge >= 0.3 is 0 Å². The van der Waals surface area contributed by atoms with Crippen molar-refractivity contribution >= 4 is 0 Å². The molecule has 5 rings (SSSR count). The van der Waals surface area contributed by atoms with Gasteiger partial charge in [0, 0.05) is 18.0 Å². The number of fused-ring (bicyclic) bond motifs is 3. The quantitative estimate of drug-likeness (QED) is 0.651. The Labute approximate surface area is 153 Å². The first-order chi connectivity index (χ1) is 12.9. The monoisotopic (exact) mass is 339 g/mol. The lowest BCUT2D eigenvalue weighted by molar-refractivity contribution is 0.214. The molecule has 3 heteroatoms. The van der Waals surface area contributed by atoms with Crippen molar-refractivity contribution < 1.29 is 0 Å². The number of nitriles is 1. The first kappa shape index (κ1) is 15.4. The molecular formula is C23H21N3. The predicted molar refractivity (Wildman–Crippen MR) is 102 cm³/mol. The standard InChI is InChI=1S/C23H21N3/c24-16-17-10-12-19(13-11-17)23(18-6-2-1-3-7-18)21-9-5-4-8-20(21)22-25-14-15-26(22)23/h4-5,8-15,18H,1-3,6-7H2. The average molecular weight is 339 g/mol. The average Bonchev–Trinajstić information content (AvgIpc) is 3.29. The molecule has 0 radical (unpaired) electrons. The molecule has 0 bridgehead atoms. The van der Waals surface area contributed by atoms with Gasteiger partial charge in [-0.2, -0.15) is 5.26 Å². The van der Waals surface area contributed by atoms with E-state index in [0.29, 0.717) is 11.5 Å². The summed E-state index contributed by atoms with van der Waals surface area (Å²) in [6, 6.07) is 19.2. The highest BCUT2D eigenvalue weighted by molar-refractivity contribution is 5.71. The van der Waals surface area contributed by atoms with Crippen LogP contribution in [0.25, 0.3) is 11.4 Å². The molecule has 3 aromatic rings. The zero-order valence-corrected chi connectivity index (χ0v) is 14.7. The van der Waals surface area contributed by atoms with Crippen molar-refractivity contribution in [1.82, 2.24) is 9.55 Å². The van der Waals surface area contributed by atoms with Crippen LogP contribution in [-0.2, 0) is 5.54 Å². The van der Waals surface area contributed by atoms with Crippen LogP contribution in [0, 0.1) is 17.2 Å². The lowest BCUT2D eigenvalue weighted by Crippen LogP contribution is -2.42. The van der Waals surface area contributed by atoms with E-state index in [-0.39, 0.29) is 5.54 Å². The number of hydrogen-bond acceptors (Lipinski definition) is 2. The molecule has 2 heterocycles. The van der Waals surface area contributed by atoms with Gasteiger partial charge in [0.25, 0.3) is 0 Å². The fraction of sp³-hybridized carbons (Fsp3) is 0.304. The van der Waals surface area contributed by atoms with Gasteiger partial charge in [-0.05, 0) is 42.0 Å². The molecule has 0 spiro atoms. The molecule has 1 aliphatic heterocycles. The van der Waals surface area contributed by atoms with Gasteiger partial charge in [0.05, 0.1) is 17.2 Å². The summed E-state index contributed by atoms with van der Waals surface area (Å²) in [5.74, 6) is 1.61. The van der Waals surface area contributed by atoms with E-state index in [1.165, 1.54) is 48.8 Å². The minimum Gasteiger partial charge on any atom is -0.316 e. The van der Waals surface area contributed by atoms with Gasteiger partial charge in [0.1, 0.15) is 5.82 Å². The third kappa shape index (κ3) is 1.96. The lowest BCUT2D eigenvalue weighted by Gasteiger charge is -2.42. The van der Waals surface area contributed by atoms with Crippen LogP contribution >= 0.6 is 0 Å². The molecule has 1 aromatic heterocycles. The van der Waals surface area contributed by atoms with Crippen molar-refractivity contribution in [1.29, 1.82) is 5.26 Å². The molecule has 26 heavy (non-hydrogen) atoms. The van der Waals surface area contributed by atoms with Gasteiger partial charge in [0.15, 0.2) is 0 Å². The number of nitrogens with zero attached hydrogens (tertiary/aromatic N) is 3. The van der Waals surface area contributed by atoms with Crippen LogP contribution in [0.1, 0.15) is 48.8 Å². The Hall–Kier alpha value is -2.86. The summed E-state index contributed by atoms with van der Waals surface area (Å²) in [5.41, 5.74) is 4.38. The minimum atomic E-state index is -0.211. The molecule has 0 N–H and O–H groups in total. The molecule has 2 aromatic carbocycles. The van der Waals surface area contributed by atoms with E-state index in [1.807, 2.05) is 18.3 Å². The van der Waals surface area contributed by atoms with Crippen LogP contribution in [-0.4, -0.2) is 9.55 Å². The fourth-order valence-corrected chi connectivity index (χ4v) is 5.19. The maximum absolute atomic E-state index is 9.22. The second-order valence-corrected chi connectivity index (χ2v) is 7.46. The Kier molecular flexibility index (Phi) is 3.46. The number of hydrogen-bond donors (Lipinski definition) is 0. The van der Waals surface area contributed by atoms with E-state index in [0.717, 1.165) is 5.82 Å². The van der Waals surface area contributed by atoms with Gasteiger partial charge < -0.3 is 4.57 Å². The zero-order chi connectivity index (χ0) is 17.6. The number of rotatable bonds is 2. The summed E-state index contributed by atoms with van der Waals surface area (Å²) >= 11 is 0. The Morgan fingerprint density at radius 2 is 1.77 bits per heavy atom. The van der Waals surface area contributed by atoms with Gasteiger partial charge in [-0.15, -0.1) is 0 Å². The smallest absolute Gasteiger partial charge is 0.141 e. The molecule has 1 atom stereocenters. The lowest BCUT2D eigenvalue weighted by atomic mass is 9.67. The number of imidazole rings is 1. The molecule has 1 unspecified atom stereocenters. The summed E-state index contributed by atoms with van der Waals surface area (Å²) in [4.78, 5) is 4.70. The Morgan fingerprint density at radius 3 is 2.54 bits per heavy atom. The molecule has 0 saturated heterocycles. The molecule has 1 aliphatic carbocycles. The summed E-state index contributed by atoms with van der Waals surface area (Å²) in [5, 5.41) is 9.22. The van der Waals surface area contributed by atoms with E-state index < -0.39 is 0 Å². The Bertz CT molecular complexity index is 987. The van der Waals surface area contributed by atoms with Crippen LogP contribution in [0.5, 0.6) is 0 Å². The Balaban J connectivity index is 1.82. The third-order valence-corrected chi connectivity index (χ3v) is 6.25. The van der Waals surface area contributed by atoms with Crippen LogP contribution < -0.4 is 0 Å². The maximum atomic E-state index is 9.22. The third-order valence-electron chi connectivity index (χ3n) is 6.25. The van der Waals surface area contributed by atoms with Gasteiger partial charge in [-0.3, -0.25) is 0 Å². The second-order valence-electron chi connectivity index (χ2n) is 7.46. The first-order valence-electron chi connectivity index (χ1n) is 9.50. The Morgan fingerprint density at radius 1 is 1.00 bits per heavy atom. The molecule has 2 aliphatic rings. The number of aromatic nitrogens is 2. The van der Waals surface area contributed by atoms with Crippen molar-refractivity contribution in [3.05, 3.63) is 77.6 Å². The van der Waals surface area contributed by atoms with Crippen LogP contribution in [0.3, 0.4) is 0 Å². The zero-order valence-electron chi connectivity index (χ0n) is 14.7. The van der Waals surface area contributed by atoms with Gasteiger partial charge in [-0.1, -0.05) is 55.7 Å². The highest BCUT2D eigenvalue weighted by atomic mass is 15.2. The van der Waals surface area contributed by atoms with Crippen molar-refractivity contribution in [2.75, 3.05) is 0 Å². The van der Waals surface area contributed by atoms with Crippen molar-refractivity contribution in [2.45, 2.75) is 37.6 Å². The van der Waals surface area contributed by atoms with Gasteiger partial charge in [-0.25, -0.2) is 4.98 Å². The normalized spacial score (nSPS) is 21.8. The van der Waals surface area contributed by atoms with E-state index in [9.17, 15) is 5.26 Å². The van der Waals surface area contributed by atoms with E-state index >= 15 is 0 Å². The van der Waals surface area contributed by atoms with E-state index in [1.54, 1.807) is 0 Å². The van der Waals surface area contributed by atoms with Crippen LogP contribution in [0.2, 0.25) is 0 Å². The fourth-order valence-electron chi connectivity index (χ4n) is 5.19. The van der Waals surface area contributed by atoms with E-state index in [2.05, 4.69) is 53.2 Å². The topological polar surface area (TPSA) is 41.6 Å². The van der Waals surface area contributed by atoms with Gasteiger partial charge in [0.2, 0.25) is 0 Å². The van der Waals surface area contributed by atoms with Crippen molar-refractivity contribution in [3.8, 4) is 17.5 Å². The summed E-state index contributed by atoms with van der Waals surface area (Å²) in [6.45, 7) is 0. The number of benzene rings is 2. The van der Waals surface area contributed by atoms with E-state index in [4.69, 9.17) is 4.98 Å². The predicted octanol–water partition coefficient (Wildman–Crippen LogP) is 5.11. The molecule has 3 nitrogen and oxygen atoms in total. The highest BCUT2D eigenvalue weighted by Crippen LogP contribution is 2.54. The van der Waals surface area contributed by atoms with Crippen LogP contribution in [0.4, 0.5) is 0 Å². The molecule has 128 valence electrons.